The summed E-state index contributed by atoms with van der Waals surface area (Å²) in [5.41, 5.74) is 1.46. The van der Waals surface area contributed by atoms with E-state index in [1.54, 1.807) is 30.5 Å². The Morgan fingerprint density at radius 2 is 1.89 bits per heavy atom. The second kappa shape index (κ2) is 5.85. The van der Waals surface area contributed by atoms with E-state index >= 15 is 0 Å². The summed E-state index contributed by atoms with van der Waals surface area (Å²) in [7, 11) is 0. The van der Waals surface area contributed by atoms with Gasteiger partial charge in [-0.3, -0.25) is 4.99 Å². The molecule has 0 heterocycles. The highest BCUT2D eigenvalue weighted by Gasteiger charge is 2.04. The molecule has 0 aliphatic rings. The van der Waals surface area contributed by atoms with Crippen LogP contribution in [0.1, 0.15) is 24.1 Å². The van der Waals surface area contributed by atoms with Gasteiger partial charge in [0.25, 0.3) is 0 Å². The number of aliphatic imine (C=N–C) groups is 1. The summed E-state index contributed by atoms with van der Waals surface area (Å²) < 4.78 is 12.8. The predicted molar refractivity (Wildman–Crippen MR) is 75.5 cm³/mol. The lowest BCUT2D eigenvalue weighted by Crippen LogP contribution is -1.92. The molecule has 0 fully saturated rings. The van der Waals surface area contributed by atoms with Crippen molar-refractivity contribution in [1.82, 2.24) is 0 Å². The van der Waals surface area contributed by atoms with Crippen LogP contribution in [0, 0.1) is 5.82 Å². The van der Waals surface area contributed by atoms with Crippen molar-refractivity contribution >= 4 is 17.8 Å². The van der Waals surface area contributed by atoms with E-state index in [4.69, 9.17) is 11.6 Å². The summed E-state index contributed by atoms with van der Waals surface area (Å²) in [6.07, 6.45) is 1.56. The van der Waals surface area contributed by atoms with E-state index < -0.39 is 0 Å². The minimum absolute atomic E-state index is 0.124. The second-order valence-electron chi connectivity index (χ2n) is 4.21. The van der Waals surface area contributed by atoms with Gasteiger partial charge in [0.2, 0.25) is 0 Å². The SMILES string of the molecule is C[C@H](N=Cc1cc(Cl)ccc1O)c1ccc(F)cc1. The zero-order valence-corrected chi connectivity index (χ0v) is 11.1. The molecular formula is C15H13ClFNO. The first-order chi connectivity index (χ1) is 9.06. The van der Waals surface area contributed by atoms with Crippen LogP contribution >= 0.6 is 11.6 Å². The number of phenolic OH excluding ortho intramolecular Hbond substituents is 1. The van der Waals surface area contributed by atoms with Crippen LogP contribution in [0.5, 0.6) is 5.75 Å². The molecule has 4 heteroatoms. The van der Waals surface area contributed by atoms with Gasteiger partial charge in [0.15, 0.2) is 0 Å². The van der Waals surface area contributed by atoms with Gasteiger partial charge in [-0.05, 0) is 42.8 Å². The van der Waals surface area contributed by atoms with E-state index in [0.717, 1.165) is 5.56 Å². The van der Waals surface area contributed by atoms with Gasteiger partial charge < -0.3 is 5.11 Å². The fourth-order valence-corrected chi connectivity index (χ4v) is 1.83. The van der Waals surface area contributed by atoms with Gasteiger partial charge in [0.05, 0.1) is 6.04 Å². The molecule has 0 aliphatic carbocycles. The molecule has 2 aromatic carbocycles. The number of hydrogen-bond acceptors (Lipinski definition) is 2. The van der Waals surface area contributed by atoms with Crippen molar-refractivity contribution in [2.24, 2.45) is 4.99 Å². The van der Waals surface area contributed by atoms with Crippen molar-refractivity contribution < 1.29 is 9.50 Å². The topological polar surface area (TPSA) is 32.6 Å². The number of nitrogens with zero attached hydrogens (tertiary/aromatic N) is 1. The van der Waals surface area contributed by atoms with Crippen LogP contribution in [0.4, 0.5) is 4.39 Å². The van der Waals surface area contributed by atoms with E-state index in [2.05, 4.69) is 4.99 Å². The molecule has 19 heavy (non-hydrogen) atoms. The summed E-state index contributed by atoms with van der Waals surface area (Å²) in [5, 5.41) is 10.2. The largest absolute Gasteiger partial charge is 0.507 e. The number of phenols is 1. The average molecular weight is 278 g/mol. The predicted octanol–water partition coefficient (Wildman–Crippen LogP) is 4.36. The molecule has 0 unspecified atom stereocenters. The molecule has 1 N–H and O–H groups in total. The third-order valence-electron chi connectivity index (χ3n) is 2.78. The van der Waals surface area contributed by atoms with Gasteiger partial charge in [0, 0.05) is 16.8 Å². The van der Waals surface area contributed by atoms with Crippen LogP contribution in [-0.4, -0.2) is 11.3 Å². The Balaban J connectivity index is 2.18. The maximum Gasteiger partial charge on any atom is 0.124 e. The Morgan fingerprint density at radius 1 is 1.21 bits per heavy atom. The van der Waals surface area contributed by atoms with Crippen molar-refractivity contribution in [2.75, 3.05) is 0 Å². The van der Waals surface area contributed by atoms with E-state index in [1.807, 2.05) is 6.92 Å². The standard InChI is InChI=1S/C15H13ClFNO/c1-10(11-2-5-14(17)6-3-11)18-9-12-8-13(16)4-7-15(12)19/h2-10,19H,1H3/t10-/m0/s1. The lowest BCUT2D eigenvalue weighted by Gasteiger charge is -2.06. The number of halogens is 2. The summed E-state index contributed by atoms with van der Waals surface area (Å²) in [6, 6.07) is 10.8. The van der Waals surface area contributed by atoms with Crippen LogP contribution in [-0.2, 0) is 0 Å². The van der Waals surface area contributed by atoms with Crippen LogP contribution < -0.4 is 0 Å². The molecule has 0 aromatic heterocycles. The average Bonchev–Trinajstić information content (AvgIpc) is 2.40. The van der Waals surface area contributed by atoms with Crippen LogP contribution in [0.2, 0.25) is 5.02 Å². The molecular weight excluding hydrogens is 265 g/mol. The Morgan fingerprint density at radius 3 is 2.58 bits per heavy atom. The molecule has 0 saturated heterocycles. The highest BCUT2D eigenvalue weighted by molar-refractivity contribution is 6.30. The Labute approximate surface area is 116 Å². The number of benzene rings is 2. The highest BCUT2D eigenvalue weighted by atomic mass is 35.5. The lowest BCUT2D eigenvalue weighted by atomic mass is 10.1. The fourth-order valence-electron chi connectivity index (χ4n) is 1.65. The fraction of sp³-hybridized carbons (Fsp3) is 0.133. The number of rotatable bonds is 3. The quantitative estimate of drug-likeness (QED) is 0.831. The Hall–Kier alpha value is -1.87. The van der Waals surface area contributed by atoms with Gasteiger partial charge in [0.1, 0.15) is 11.6 Å². The minimum atomic E-state index is -0.271. The van der Waals surface area contributed by atoms with E-state index in [0.29, 0.717) is 10.6 Å². The highest BCUT2D eigenvalue weighted by Crippen LogP contribution is 2.21. The molecule has 1 atom stereocenters. The van der Waals surface area contributed by atoms with Crippen molar-refractivity contribution in [1.29, 1.82) is 0 Å². The third-order valence-corrected chi connectivity index (χ3v) is 3.01. The van der Waals surface area contributed by atoms with Crippen molar-refractivity contribution in [2.45, 2.75) is 13.0 Å². The second-order valence-corrected chi connectivity index (χ2v) is 4.65. The van der Waals surface area contributed by atoms with Crippen molar-refractivity contribution in [3.63, 3.8) is 0 Å². The number of aromatic hydroxyl groups is 1. The monoisotopic (exact) mass is 277 g/mol. The first-order valence-corrected chi connectivity index (χ1v) is 6.21. The molecule has 98 valence electrons. The maximum absolute atomic E-state index is 12.8. The summed E-state index contributed by atoms with van der Waals surface area (Å²) in [6.45, 7) is 1.89. The summed E-state index contributed by atoms with van der Waals surface area (Å²) >= 11 is 5.85. The van der Waals surface area contributed by atoms with Crippen LogP contribution in [0.15, 0.2) is 47.5 Å². The molecule has 0 spiro atoms. The van der Waals surface area contributed by atoms with Crippen LogP contribution in [0.3, 0.4) is 0 Å². The van der Waals surface area contributed by atoms with Gasteiger partial charge in [-0.25, -0.2) is 4.39 Å². The normalized spacial score (nSPS) is 12.8. The smallest absolute Gasteiger partial charge is 0.124 e. The maximum atomic E-state index is 12.8. The van der Waals surface area contributed by atoms with E-state index in [-0.39, 0.29) is 17.6 Å². The van der Waals surface area contributed by atoms with Gasteiger partial charge in [-0.1, -0.05) is 23.7 Å². The molecule has 0 amide bonds. The van der Waals surface area contributed by atoms with Gasteiger partial charge >= 0.3 is 0 Å². The van der Waals surface area contributed by atoms with Gasteiger partial charge in [-0.15, -0.1) is 0 Å². The first-order valence-electron chi connectivity index (χ1n) is 5.83. The number of hydrogen-bond donors (Lipinski definition) is 1. The molecule has 0 aliphatic heterocycles. The van der Waals surface area contributed by atoms with Crippen molar-refractivity contribution in [3.8, 4) is 5.75 Å². The van der Waals surface area contributed by atoms with Crippen LogP contribution in [0.25, 0.3) is 0 Å². The zero-order chi connectivity index (χ0) is 13.8. The molecule has 2 rings (SSSR count). The molecule has 0 bridgehead atoms. The molecule has 2 aromatic rings. The lowest BCUT2D eigenvalue weighted by molar-refractivity contribution is 0.474. The Bertz CT molecular complexity index is 596. The molecule has 0 radical (unpaired) electrons. The third kappa shape index (κ3) is 3.55. The minimum Gasteiger partial charge on any atom is -0.507 e. The van der Waals surface area contributed by atoms with E-state index in [9.17, 15) is 9.50 Å². The first kappa shape index (κ1) is 13.6. The summed E-state index contributed by atoms with van der Waals surface area (Å²) in [4.78, 5) is 4.33. The van der Waals surface area contributed by atoms with E-state index in [1.165, 1.54) is 18.2 Å². The Kier molecular flexibility index (Phi) is 4.17. The summed E-state index contributed by atoms with van der Waals surface area (Å²) in [5.74, 6) is -0.146. The van der Waals surface area contributed by atoms with Crippen molar-refractivity contribution in [3.05, 3.63) is 64.4 Å². The molecule has 2 nitrogen and oxygen atoms in total. The zero-order valence-electron chi connectivity index (χ0n) is 10.3. The molecule has 0 saturated carbocycles. The van der Waals surface area contributed by atoms with Gasteiger partial charge in [-0.2, -0.15) is 0 Å².